The minimum atomic E-state index is 0. The van der Waals surface area contributed by atoms with Gasteiger partial charge < -0.3 is 24.8 Å². The van der Waals surface area contributed by atoms with Crippen LogP contribution in [0.4, 0.5) is 0 Å². The summed E-state index contributed by atoms with van der Waals surface area (Å²) in [7, 11) is 0. The van der Waals surface area contributed by atoms with Gasteiger partial charge in [0.25, 0.3) is 0 Å². The Morgan fingerprint density at radius 3 is 1.87 bits per heavy atom. The first-order chi connectivity index (χ1) is 13.8. The number of benzene rings is 3. The van der Waals surface area contributed by atoms with Crippen molar-refractivity contribution < 1.29 is 51.0 Å². The Bertz CT molecular complexity index is 1260. The van der Waals surface area contributed by atoms with Crippen LogP contribution in [0.5, 0.6) is 0 Å². The molecule has 3 aromatic rings. The van der Waals surface area contributed by atoms with Gasteiger partial charge in [0.15, 0.2) is 0 Å². The molecule has 2 unspecified atom stereocenters. The van der Waals surface area contributed by atoms with Crippen molar-refractivity contribution >= 4 is 11.1 Å². The molecule has 3 aromatic carbocycles. The fourth-order valence-electron chi connectivity index (χ4n) is 5.67. The molecule has 0 radical (unpaired) electrons. The summed E-state index contributed by atoms with van der Waals surface area (Å²) >= 11 is 0. The molecule has 0 N–H and O–H groups in total. The van der Waals surface area contributed by atoms with Crippen LogP contribution >= 0.6 is 0 Å². The smallest absolute Gasteiger partial charge is 1.00 e. The Labute approximate surface area is 215 Å². The third-order valence-corrected chi connectivity index (χ3v) is 6.78. The topological polar surface area (TPSA) is 0 Å². The largest absolute Gasteiger partial charge is 2.00 e. The Morgan fingerprint density at radius 1 is 0.677 bits per heavy atom. The SMILES string of the molecule is CC(C1=c2ccccc2=C2C=CC=CC21)C1c2ccccc2-c2ccccc21.[Cl-].[Cl-].[Zr+2]. The van der Waals surface area contributed by atoms with Crippen LogP contribution in [0.2, 0.25) is 0 Å². The van der Waals surface area contributed by atoms with E-state index >= 15 is 0 Å². The molecule has 0 spiro atoms. The van der Waals surface area contributed by atoms with Gasteiger partial charge in [0.1, 0.15) is 0 Å². The third-order valence-electron chi connectivity index (χ3n) is 6.78. The number of allylic oxidation sites excluding steroid dienone is 4. The number of fused-ring (bicyclic) bond motifs is 5. The summed E-state index contributed by atoms with van der Waals surface area (Å²) in [5.74, 6) is 1.25. The van der Waals surface area contributed by atoms with E-state index in [0.29, 0.717) is 17.8 Å². The molecule has 3 heteroatoms. The summed E-state index contributed by atoms with van der Waals surface area (Å²) in [5, 5.41) is 2.85. The maximum Gasteiger partial charge on any atom is 2.00 e. The number of hydrogen-bond acceptors (Lipinski definition) is 0. The van der Waals surface area contributed by atoms with Crippen molar-refractivity contribution in [3.63, 3.8) is 0 Å². The standard InChI is InChI=1S/C28H22.2ClH.Zr/c1-18(27-23-14-6-2-10-19(23)20-11-3-7-15-24(20)27)28-25-16-8-4-12-21(25)22-13-5-9-17-26(22)28;;;/h2-18,23,28H,1H3;2*1H;/q;;;+2/p-2. The summed E-state index contributed by atoms with van der Waals surface area (Å²) in [6, 6.07) is 26.9. The van der Waals surface area contributed by atoms with Gasteiger partial charge in [-0.25, -0.2) is 0 Å². The van der Waals surface area contributed by atoms with Gasteiger partial charge in [0.2, 0.25) is 0 Å². The van der Waals surface area contributed by atoms with Gasteiger partial charge in [-0.3, -0.25) is 0 Å². The predicted molar refractivity (Wildman–Crippen MR) is 117 cm³/mol. The summed E-state index contributed by atoms with van der Waals surface area (Å²) in [6.07, 6.45) is 9.08. The van der Waals surface area contributed by atoms with Gasteiger partial charge in [0.05, 0.1) is 0 Å². The second kappa shape index (κ2) is 9.45. The zero-order chi connectivity index (χ0) is 18.7. The van der Waals surface area contributed by atoms with E-state index in [9.17, 15) is 0 Å². The van der Waals surface area contributed by atoms with Crippen molar-refractivity contribution in [3.05, 3.63) is 119 Å². The van der Waals surface area contributed by atoms with Crippen molar-refractivity contribution in [2.75, 3.05) is 0 Å². The molecule has 3 aliphatic carbocycles. The second-order valence-corrected chi connectivity index (χ2v) is 8.12. The fraction of sp³-hybridized carbons (Fsp3) is 0.143. The Hall–Kier alpha value is -1.66. The van der Waals surface area contributed by atoms with E-state index < -0.39 is 0 Å². The Kier molecular flexibility index (Phi) is 7.32. The molecule has 152 valence electrons. The van der Waals surface area contributed by atoms with E-state index in [-0.39, 0.29) is 51.0 Å². The molecule has 0 amide bonds. The molecule has 6 rings (SSSR count). The van der Waals surface area contributed by atoms with Crippen molar-refractivity contribution in [1.82, 2.24) is 0 Å². The average Bonchev–Trinajstić information content (AvgIpc) is 3.27. The molecular weight excluding hydrogens is 498 g/mol. The summed E-state index contributed by atoms with van der Waals surface area (Å²) in [6.45, 7) is 2.44. The van der Waals surface area contributed by atoms with Gasteiger partial charge in [0, 0.05) is 11.8 Å². The van der Waals surface area contributed by atoms with Crippen LogP contribution < -0.4 is 35.3 Å². The van der Waals surface area contributed by atoms with Crippen molar-refractivity contribution in [1.29, 1.82) is 0 Å². The van der Waals surface area contributed by atoms with Crippen molar-refractivity contribution in [2.24, 2.45) is 11.8 Å². The van der Waals surface area contributed by atoms with E-state index in [1.165, 1.54) is 38.3 Å². The van der Waals surface area contributed by atoms with Crippen LogP contribution in [0.15, 0.2) is 97.1 Å². The molecule has 0 heterocycles. The Balaban J connectivity index is 0.000000907. The molecule has 3 aliphatic rings. The summed E-state index contributed by atoms with van der Waals surface area (Å²) in [5.41, 5.74) is 8.80. The maximum absolute atomic E-state index is 2.44. The fourth-order valence-corrected chi connectivity index (χ4v) is 5.67. The van der Waals surface area contributed by atoms with E-state index in [1.54, 1.807) is 5.57 Å². The maximum atomic E-state index is 2.44. The number of halogens is 2. The van der Waals surface area contributed by atoms with E-state index in [1.807, 2.05) is 0 Å². The van der Waals surface area contributed by atoms with E-state index in [2.05, 4.69) is 104 Å². The first-order valence-corrected chi connectivity index (χ1v) is 10.2. The van der Waals surface area contributed by atoms with Crippen LogP contribution in [-0.2, 0) is 26.2 Å². The van der Waals surface area contributed by atoms with E-state index in [0.717, 1.165) is 0 Å². The second-order valence-electron chi connectivity index (χ2n) is 8.12. The predicted octanol–water partition coefficient (Wildman–Crippen LogP) is -0.802. The van der Waals surface area contributed by atoms with Crippen LogP contribution in [0.25, 0.3) is 22.3 Å². The Morgan fingerprint density at radius 2 is 1.23 bits per heavy atom. The van der Waals surface area contributed by atoms with Crippen LogP contribution in [-0.4, -0.2) is 0 Å². The monoisotopic (exact) mass is 518 g/mol. The van der Waals surface area contributed by atoms with Crippen LogP contribution in [0.3, 0.4) is 0 Å². The average molecular weight is 521 g/mol. The molecule has 0 bridgehead atoms. The minimum Gasteiger partial charge on any atom is -1.00 e. The molecule has 0 nitrogen and oxygen atoms in total. The minimum absolute atomic E-state index is 0. The van der Waals surface area contributed by atoms with Gasteiger partial charge in [-0.05, 0) is 49.8 Å². The molecule has 0 aliphatic heterocycles. The summed E-state index contributed by atoms with van der Waals surface area (Å²) in [4.78, 5) is 0. The van der Waals surface area contributed by atoms with Gasteiger partial charge >= 0.3 is 26.2 Å². The summed E-state index contributed by atoms with van der Waals surface area (Å²) < 4.78 is 0. The van der Waals surface area contributed by atoms with Crippen LogP contribution in [0.1, 0.15) is 24.0 Å². The molecule has 0 saturated heterocycles. The molecule has 0 aromatic heterocycles. The molecular formula is C28H22Cl2Zr. The van der Waals surface area contributed by atoms with Crippen molar-refractivity contribution in [3.8, 4) is 11.1 Å². The zero-order valence-corrected chi connectivity index (χ0v) is 21.2. The first-order valence-electron chi connectivity index (χ1n) is 10.2. The number of rotatable bonds is 2. The van der Waals surface area contributed by atoms with Crippen molar-refractivity contribution in [2.45, 2.75) is 12.8 Å². The quantitative estimate of drug-likeness (QED) is 0.415. The molecule has 31 heavy (non-hydrogen) atoms. The normalized spacial score (nSPS) is 18.0. The molecule has 2 atom stereocenters. The molecule has 0 fully saturated rings. The molecule has 0 saturated carbocycles. The zero-order valence-electron chi connectivity index (χ0n) is 17.2. The van der Waals surface area contributed by atoms with Gasteiger partial charge in [-0.2, -0.15) is 0 Å². The number of hydrogen-bond donors (Lipinski definition) is 0. The first kappa shape index (κ1) is 24.0. The third kappa shape index (κ3) is 3.56. The van der Waals surface area contributed by atoms with Crippen LogP contribution in [0, 0.1) is 11.8 Å². The van der Waals surface area contributed by atoms with Gasteiger partial charge in [-0.1, -0.05) is 104 Å². The van der Waals surface area contributed by atoms with Gasteiger partial charge in [-0.15, -0.1) is 0 Å². The van der Waals surface area contributed by atoms with E-state index in [4.69, 9.17) is 0 Å².